The topological polar surface area (TPSA) is 66.5 Å². The molecule has 1 saturated heterocycles. The summed E-state index contributed by atoms with van der Waals surface area (Å²) >= 11 is 5.98. The molecule has 168 valence electrons. The number of nitrogens with zero attached hydrogens (tertiary/aromatic N) is 1. The number of piperidine rings is 1. The first-order valence-electron chi connectivity index (χ1n) is 10.5. The molecule has 32 heavy (non-hydrogen) atoms. The number of fused-ring (bicyclic) bond motifs is 1. The van der Waals surface area contributed by atoms with Crippen molar-refractivity contribution >= 4 is 38.3 Å². The zero-order chi connectivity index (χ0) is 22.7. The second-order valence-corrected chi connectivity index (χ2v) is 10.4. The molecule has 1 amide bonds. The summed E-state index contributed by atoms with van der Waals surface area (Å²) in [5.74, 6) is -1.46. The minimum Gasteiger partial charge on any atom is -0.352 e. The van der Waals surface area contributed by atoms with Crippen molar-refractivity contribution in [3.8, 4) is 0 Å². The number of amides is 1. The van der Waals surface area contributed by atoms with Crippen LogP contribution < -0.4 is 5.32 Å². The van der Waals surface area contributed by atoms with Crippen LogP contribution in [0.5, 0.6) is 0 Å². The highest BCUT2D eigenvalue weighted by atomic mass is 35.5. The zero-order valence-corrected chi connectivity index (χ0v) is 19.0. The average molecular weight is 475 g/mol. The summed E-state index contributed by atoms with van der Waals surface area (Å²) in [6, 6.07) is 18.1. The molecule has 0 aromatic heterocycles. The van der Waals surface area contributed by atoms with E-state index in [4.69, 9.17) is 11.6 Å². The molecule has 3 aromatic rings. The molecule has 0 unspecified atom stereocenters. The van der Waals surface area contributed by atoms with Gasteiger partial charge in [-0.25, -0.2) is 17.1 Å². The van der Waals surface area contributed by atoms with Crippen LogP contribution in [0.1, 0.15) is 24.0 Å². The van der Waals surface area contributed by atoms with Crippen molar-refractivity contribution in [3.05, 3.63) is 82.6 Å². The highest BCUT2D eigenvalue weighted by Crippen LogP contribution is 2.26. The Kier molecular flexibility index (Phi) is 6.79. The average Bonchev–Trinajstić information content (AvgIpc) is 2.80. The molecule has 1 N–H and O–H groups in total. The predicted molar refractivity (Wildman–Crippen MR) is 124 cm³/mol. The number of benzene rings is 3. The van der Waals surface area contributed by atoms with Crippen molar-refractivity contribution in [3.63, 3.8) is 0 Å². The molecule has 0 saturated carbocycles. The Balaban J connectivity index is 1.34. The van der Waals surface area contributed by atoms with Gasteiger partial charge in [0.15, 0.2) is 0 Å². The molecule has 5 nitrogen and oxygen atoms in total. The first-order valence-corrected chi connectivity index (χ1v) is 12.5. The third-order valence-electron chi connectivity index (χ3n) is 5.94. The van der Waals surface area contributed by atoms with Crippen LogP contribution in [0, 0.1) is 11.7 Å². The first-order chi connectivity index (χ1) is 15.3. The van der Waals surface area contributed by atoms with E-state index >= 15 is 0 Å². The molecule has 0 radical (unpaired) electrons. The number of carbonyl (C=O) groups excluding carboxylic acids is 1. The van der Waals surface area contributed by atoms with Gasteiger partial charge in [-0.2, -0.15) is 0 Å². The molecular weight excluding hydrogens is 451 g/mol. The molecule has 0 aliphatic carbocycles. The number of rotatable bonds is 6. The van der Waals surface area contributed by atoms with Gasteiger partial charge in [0.25, 0.3) is 0 Å². The second-order valence-electron chi connectivity index (χ2n) is 7.99. The summed E-state index contributed by atoms with van der Waals surface area (Å²) in [6.45, 7) is 0.867. The summed E-state index contributed by atoms with van der Waals surface area (Å²) in [7, 11) is -3.73. The standard InChI is InChI=1S/C24H24ClFN2O3S/c25-22-9-4-10-23(26)21(22)16-32(30,31)28-13-11-18(12-14-28)24(29)27-15-19-7-3-6-17-5-1-2-8-20(17)19/h1-10,18H,11-16H2,(H,27,29). The Morgan fingerprint density at radius 2 is 1.72 bits per heavy atom. The normalized spacial score (nSPS) is 15.7. The summed E-state index contributed by atoms with van der Waals surface area (Å²) in [5, 5.41) is 5.31. The van der Waals surface area contributed by atoms with E-state index in [1.807, 2.05) is 42.5 Å². The number of hydrogen-bond acceptors (Lipinski definition) is 3. The summed E-state index contributed by atoms with van der Waals surface area (Å²) in [5.41, 5.74) is 1.02. The number of hydrogen-bond donors (Lipinski definition) is 1. The summed E-state index contributed by atoms with van der Waals surface area (Å²) < 4.78 is 40.9. The van der Waals surface area contributed by atoms with Gasteiger partial charge in [0, 0.05) is 36.1 Å². The smallest absolute Gasteiger partial charge is 0.223 e. The van der Waals surface area contributed by atoms with Crippen LogP contribution in [-0.2, 0) is 27.1 Å². The van der Waals surface area contributed by atoms with E-state index < -0.39 is 21.6 Å². The van der Waals surface area contributed by atoms with Crippen LogP contribution in [0.25, 0.3) is 10.8 Å². The molecule has 0 bridgehead atoms. The fourth-order valence-corrected chi connectivity index (χ4v) is 6.03. The van der Waals surface area contributed by atoms with E-state index in [9.17, 15) is 17.6 Å². The Labute approximate surface area is 192 Å². The minimum atomic E-state index is -3.73. The quantitative estimate of drug-likeness (QED) is 0.572. The van der Waals surface area contributed by atoms with Gasteiger partial charge in [0.05, 0.1) is 5.75 Å². The van der Waals surface area contributed by atoms with Crippen LogP contribution in [0.15, 0.2) is 60.7 Å². The largest absolute Gasteiger partial charge is 0.352 e. The van der Waals surface area contributed by atoms with E-state index in [-0.39, 0.29) is 35.5 Å². The Morgan fingerprint density at radius 3 is 2.47 bits per heavy atom. The van der Waals surface area contributed by atoms with E-state index in [1.165, 1.54) is 22.5 Å². The van der Waals surface area contributed by atoms with Crippen LogP contribution >= 0.6 is 11.6 Å². The number of halogens is 2. The number of sulfonamides is 1. The van der Waals surface area contributed by atoms with Crippen molar-refractivity contribution in [2.24, 2.45) is 5.92 Å². The lowest BCUT2D eigenvalue weighted by Crippen LogP contribution is -2.43. The van der Waals surface area contributed by atoms with E-state index in [1.54, 1.807) is 0 Å². The molecule has 1 aliphatic heterocycles. The van der Waals surface area contributed by atoms with Crippen molar-refractivity contribution in [2.45, 2.75) is 25.1 Å². The Bertz CT molecular complexity index is 1220. The van der Waals surface area contributed by atoms with Crippen LogP contribution in [0.4, 0.5) is 4.39 Å². The van der Waals surface area contributed by atoms with Crippen LogP contribution in [0.3, 0.4) is 0 Å². The van der Waals surface area contributed by atoms with E-state index in [0.29, 0.717) is 19.4 Å². The molecule has 1 aliphatic rings. The third kappa shape index (κ3) is 4.95. The molecule has 1 heterocycles. The lowest BCUT2D eigenvalue weighted by molar-refractivity contribution is -0.126. The minimum absolute atomic E-state index is 0.0240. The van der Waals surface area contributed by atoms with E-state index in [2.05, 4.69) is 5.32 Å². The first kappa shape index (κ1) is 22.7. The lowest BCUT2D eigenvalue weighted by atomic mass is 9.97. The van der Waals surface area contributed by atoms with Gasteiger partial charge in [-0.15, -0.1) is 0 Å². The van der Waals surface area contributed by atoms with Gasteiger partial charge in [-0.05, 0) is 41.3 Å². The van der Waals surface area contributed by atoms with Gasteiger partial charge in [0.1, 0.15) is 5.82 Å². The van der Waals surface area contributed by atoms with Gasteiger partial charge >= 0.3 is 0 Å². The summed E-state index contributed by atoms with van der Waals surface area (Å²) in [6.07, 6.45) is 0.844. The lowest BCUT2D eigenvalue weighted by Gasteiger charge is -2.30. The maximum atomic E-state index is 14.0. The SMILES string of the molecule is O=C(NCc1cccc2ccccc12)C1CCN(S(=O)(=O)Cc2c(F)cccc2Cl)CC1. The molecule has 8 heteroatoms. The molecule has 4 rings (SSSR count). The van der Waals surface area contributed by atoms with E-state index in [0.717, 1.165) is 16.3 Å². The molecule has 0 atom stereocenters. The zero-order valence-electron chi connectivity index (χ0n) is 17.4. The monoisotopic (exact) mass is 474 g/mol. The Hall–Kier alpha value is -2.48. The van der Waals surface area contributed by atoms with Crippen LogP contribution in [-0.4, -0.2) is 31.7 Å². The van der Waals surface area contributed by atoms with Crippen molar-refractivity contribution in [1.82, 2.24) is 9.62 Å². The highest BCUT2D eigenvalue weighted by molar-refractivity contribution is 7.88. The molecular formula is C24H24ClFN2O3S. The molecule has 0 spiro atoms. The fourth-order valence-electron chi connectivity index (χ4n) is 4.11. The molecule has 3 aromatic carbocycles. The second kappa shape index (κ2) is 9.57. The molecule has 1 fully saturated rings. The van der Waals surface area contributed by atoms with Crippen molar-refractivity contribution in [2.75, 3.05) is 13.1 Å². The Morgan fingerprint density at radius 1 is 1.03 bits per heavy atom. The summed E-state index contributed by atoms with van der Waals surface area (Å²) in [4.78, 5) is 12.7. The maximum absolute atomic E-state index is 14.0. The maximum Gasteiger partial charge on any atom is 0.223 e. The van der Waals surface area contributed by atoms with Crippen LogP contribution in [0.2, 0.25) is 5.02 Å². The van der Waals surface area contributed by atoms with Gasteiger partial charge in [-0.1, -0.05) is 60.1 Å². The predicted octanol–water partition coefficient (Wildman–Crippen LogP) is 4.49. The van der Waals surface area contributed by atoms with Crippen molar-refractivity contribution in [1.29, 1.82) is 0 Å². The fraction of sp³-hybridized carbons (Fsp3) is 0.292. The van der Waals surface area contributed by atoms with Gasteiger partial charge < -0.3 is 5.32 Å². The van der Waals surface area contributed by atoms with Gasteiger partial charge in [-0.3, -0.25) is 4.79 Å². The third-order valence-corrected chi connectivity index (χ3v) is 8.10. The van der Waals surface area contributed by atoms with Crippen molar-refractivity contribution < 1.29 is 17.6 Å². The van der Waals surface area contributed by atoms with Gasteiger partial charge in [0.2, 0.25) is 15.9 Å². The number of nitrogens with one attached hydrogen (secondary N) is 1. The highest BCUT2D eigenvalue weighted by Gasteiger charge is 2.32. The number of carbonyl (C=O) groups is 1.